The molecule has 1 aromatic carbocycles. The van der Waals surface area contributed by atoms with E-state index in [1.54, 1.807) is 6.07 Å². The second kappa shape index (κ2) is 4.53. The minimum absolute atomic E-state index is 0.0837. The molecule has 0 spiro atoms. The quantitative estimate of drug-likeness (QED) is 0.827. The smallest absolute Gasteiger partial charge is 0.165 e. The van der Waals surface area contributed by atoms with Crippen LogP contribution in [0.2, 0.25) is 0 Å². The number of rotatable bonds is 3. The van der Waals surface area contributed by atoms with E-state index in [1.165, 1.54) is 0 Å². The highest BCUT2D eigenvalue weighted by atomic mass is 79.9. The second-order valence-electron chi connectivity index (χ2n) is 3.08. The van der Waals surface area contributed by atoms with E-state index in [4.69, 9.17) is 5.73 Å². The van der Waals surface area contributed by atoms with Gasteiger partial charge in [-0.05, 0) is 13.0 Å². The van der Waals surface area contributed by atoms with Gasteiger partial charge in [-0.25, -0.2) is 0 Å². The fourth-order valence-electron chi connectivity index (χ4n) is 1.09. The van der Waals surface area contributed by atoms with Crippen molar-refractivity contribution in [3.05, 3.63) is 34.3 Å². The van der Waals surface area contributed by atoms with Crippen LogP contribution in [0.5, 0.6) is 0 Å². The second-order valence-corrected chi connectivity index (χ2v) is 3.94. The Bertz CT molecular complexity index is 310. The maximum atomic E-state index is 11.6. The van der Waals surface area contributed by atoms with Gasteiger partial charge in [-0.15, -0.1) is 0 Å². The molecule has 1 rings (SSSR count). The first-order chi connectivity index (χ1) is 6.11. The van der Waals surface area contributed by atoms with E-state index in [1.807, 2.05) is 25.1 Å². The first-order valence-electron chi connectivity index (χ1n) is 4.14. The summed E-state index contributed by atoms with van der Waals surface area (Å²) in [5, 5.41) is 0. The minimum Gasteiger partial charge on any atom is -0.328 e. The summed E-state index contributed by atoms with van der Waals surface area (Å²) in [5.41, 5.74) is 6.25. The molecule has 0 aliphatic carbocycles. The van der Waals surface area contributed by atoms with Gasteiger partial charge in [0.1, 0.15) is 0 Å². The zero-order valence-electron chi connectivity index (χ0n) is 7.46. The Morgan fingerprint density at radius 2 is 2.15 bits per heavy atom. The largest absolute Gasteiger partial charge is 0.328 e. The molecule has 1 atom stereocenters. The summed E-state index contributed by atoms with van der Waals surface area (Å²) in [6.07, 6.45) is 0.391. The van der Waals surface area contributed by atoms with Crippen LogP contribution in [-0.2, 0) is 0 Å². The summed E-state index contributed by atoms with van der Waals surface area (Å²) in [6, 6.07) is 7.30. The molecular formula is C10H12BrNO. The van der Waals surface area contributed by atoms with Crippen LogP contribution < -0.4 is 5.73 Å². The molecule has 13 heavy (non-hydrogen) atoms. The van der Waals surface area contributed by atoms with Gasteiger partial charge in [-0.2, -0.15) is 0 Å². The minimum atomic E-state index is -0.0837. The van der Waals surface area contributed by atoms with Gasteiger partial charge >= 0.3 is 0 Å². The molecule has 0 bridgehead atoms. The molecule has 70 valence electrons. The lowest BCUT2D eigenvalue weighted by Gasteiger charge is -2.05. The third-order valence-electron chi connectivity index (χ3n) is 1.68. The molecule has 2 N–H and O–H groups in total. The van der Waals surface area contributed by atoms with Gasteiger partial charge in [-0.1, -0.05) is 34.1 Å². The third-order valence-corrected chi connectivity index (χ3v) is 2.37. The fraction of sp³-hybridized carbons (Fsp3) is 0.300. The van der Waals surface area contributed by atoms with E-state index in [0.29, 0.717) is 12.0 Å². The van der Waals surface area contributed by atoms with Crippen LogP contribution in [0.1, 0.15) is 23.7 Å². The van der Waals surface area contributed by atoms with Crippen molar-refractivity contribution in [2.75, 3.05) is 0 Å². The topological polar surface area (TPSA) is 43.1 Å². The van der Waals surface area contributed by atoms with E-state index in [0.717, 1.165) is 4.47 Å². The van der Waals surface area contributed by atoms with Gasteiger partial charge in [0.15, 0.2) is 5.78 Å². The van der Waals surface area contributed by atoms with Crippen molar-refractivity contribution in [3.8, 4) is 0 Å². The Morgan fingerprint density at radius 3 is 2.69 bits per heavy atom. The lowest BCUT2D eigenvalue weighted by Crippen LogP contribution is -2.19. The number of Topliss-reactive ketones (excluding diaryl/α,β-unsaturated/α-hetero) is 1. The van der Waals surface area contributed by atoms with E-state index in [2.05, 4.69) is 15.9 Å². The van der Waals surface area contributed by atoms with Crippen LogP contribution in [0.15, 0.2) is 28.7 Å². The third kappa shape index (κ3) is 2.94. The molecule has 0 aliphatic heterocycles. The van der Waals surface area contributed by atoms with Crippen LogP contribution in [0.25, 0.3) is 0 Å². The average molecular weight is 242 g/mol. The average Bonchev–Trinajstić information content (AvgIpc) is 2.03. The van der Waals surface area contributed by atoms with Crippen LogP contribution in [0, 0.1) is 0 Å². The van der Waals surface area contributed by atoms with Gasteiger partial charge in [0.2, 0.25) is 0 Å². The molecule has 0 heterocycles. The highest BCUT2D eigenvalue weighted by molar-refractivity contribution is 9.10. The zero-order valence-corrected chi connectivity index (χ0v) is 9.04. The molecule has 1 unspecified atom stereocenters. The maximum absolute atomic E-state index is 11.6. The van der Waals surface area contributed by atoms with E-state index in [-0.39, 0.29) is 11.8 Å². The van der Waals surface area contributed by atoms with E-state index >= 15 is 0 Å². The van der Waals surface area contributed by atoms with Gasteiger partial charge in [0.25, 0.3) is 0 Å². The highest BCUT2D eigenvalue weighted by Gasteiger charge is 2.10. The molecule has 0 aromatic heterocycles. The SMILES string of the molecule is CC(N)CC(=O)c1ccccc1Br. The molecule has 2 nitrogen and oxygen atoms in total. The van der Waals surface area contributed by atoms with Crippen molar-refractivity contribution in [1.29, 1.82) is 0 Å². The normalized spacial score (nSPS) is 12.5. The molecule has 0 saturated heterocycles. The maximum Gasteiger partial charge on any atom is 0.165 e. The van der Waals surface area contributed by atoms with Crippen molar-refractivity contribution < 1.29 is 4.79 Å². The Labute approximate surface area is 86.3 Å². The Morgan fingerprint density at radius 1 is 1.54 bits per heavy atom. The van der Waals surface area contributed by atoms with Crippen molar-refractivity contribution in [3.63, 3.8) is 0 Å². The number of nitrogens with two attached hydrogens (primary N) is 1. The van der Waals surface area contributed by atoms with Crippen molar-refractivity contribution in [2.24, 2.45) is 5.73 Å². The standard InChI is InChI=1S/C10H12BrNO/c1-7(12)6-10(13)8-4-2-3-5-9(8)11/h2-5,7H,6,12H2,1H3. The summed E-state index contributed by atoms with van der Waals surface area (Å²) < 4.78 is 0.834. The fourth-order valence-corrected chi connectivity index (χ4v) is 1.60. The number of halogens is 1. The molecule has 0 amide bonds. The number of hydrogen-bond acceptors (Lipinski definition) is 2. The molecule has 0 aliphatic rings. The first kappa shape index (κ1) is 10.4. The molecule has 1 aromatic rings. The van der Waals surface area contributed by atoms with Crippen LogP contribution in [0.3, 0.4) is 0 Å². The highest BCUT2D eigenvalue weighted by Crippen LogP contribution is 2.17. The number of ketones is 1. The first-order valence-corrected chi connectivity index (χ1v) is 4.94. The van der Waals surface area contributed by atoms with Crippen molar-refractivity contribution in [2.45, 2.75) is 19.4 Å². The summed E-state index contributed by atoms with van der Waals surface area (Å²) in [7, 11) is 0. The van der Waals surface area contributed by atoms with E-state index < -0.39 is 0 Å². The zero-order chi connectivity index (χ0) is 9.84. The van der Waals surface area contributed by atoms with Gasteiger partial charge in [0.05, 0.1) is 0 Å². The molecule has 0 fully saturated rings. The van der Waals surface area contributed by atoms with Crippen LogP contribution in [0.4, 0.5) is 0 Å². The van der Waals surface area contributed by atoms with Crippen molar-refractivity contribution in [1.82, 2.24) is 0 Å². The number of carbonyl (C=O) groups is 1. The van der Waals surface area contributed by atoms with Crippen LogP contribution >= 0.6 is 15.9 Å². The van der Waals surface area contributed by atoms with Gasteiger partial charge in [-0.3, -0.25) is 4.79 Å². The summed E-state index contributed by atoms with van der Waals surface area (Å²) in [4.78, 5) is 11.6. The Kier molecular flexibility index (Phi) is 3.63. The summed E-state index contributed by atoms with van der Waals surface area (Å²) in [5.74, 6) is 0.0856. The van der Waals surface area contributed by atoms with Gasteiger partial charge < -0.3 is 5.73 Å². The lowest BCUT2D eigenvalue weighted by molar-refractivity contribution is 0.0976. The summed E-state index contributed by atoms with van der Waals surface area (Å²) in [6.45, 7) is 1.83. The Balaban J connectivity index is 2.83. The van der Waals surface area contributed by atoms with Gasteiger partial charge in [0, 0.05) is 22.5 Å². The summed E-state index contributed by atoms with van der Waals surface area (Å²) >= 11 is 3.33. The number of carbonyl (C=O) groups excluding carboxylic acids is 1. The molecule has 0 radical (unpaired) electrons. The molecular weight excluding hydrogens is 230 g/mol. The number of benzene rings is 1. The van der Waals surface area contributed by atoms with Crippen molar-refractivity contribution >= 4 is 21.7 Å². The lowest BCUT2D eigenvalue weighted by atomic mass is 10.1. The molecule has 0 saturated carbocycles. The Hall–Kier alpha value is -0.670. The molecule has 3 heteroatoms. The van der Waals surface area contributed by atoms with E-state index in [9.17, 15) is 4.79 Å². The monoisotopic (exact) mass is 241 g/mol. The predicted octanol–water partition coefficient (Wildman–Crippen LogP) is 2.37. The number of hydrogen-bond donors (Lipinski definition) is 1. The predicted molar refractivity (Wildman–Crippen MR) is 56.7 cm³/mol. The van der Waals surface area contributed by atoms with Crippen LogP contribution in [-0.4, -0.2) is 11.8 Å².